The zero-order valence-corrected chi connectivity index (χ0v) is 18.5. The second-order valence-electron chi connectivity index (χ2n) is 7.02. The summed E-state index contributed by atoms with van der Waals surface area (Å²) in [6.07, 6.45) is 1.91. The summed E-state index contributed by atoms with van der Waals surface area (Å²) in [4.78, 5) is 11.4. The number of carboxylic acid groups (broad SMARTS) is 1. The molecule has 0 fully saturated rings. The van der Waals surface area contributed by atoms with Gasteiger partial charge in [-0.25, -0.2) is 13.2 Å². The molecule has 0 aromatic heterocycles. The molecule has 0 aliphatic carbocycles. The number of rotatable bonds is 11. The Morgan fingerprint density at radius 2 is 1.56 bits per heavy atom. The largest absolute Gasteiger partial charge is 0.490 e. The fourth-order valence-electron chi connectivity index (χ4n) is 3.04. The second-order valence-corrected chi connectivity index (χ2v) is 8.70. The van der Waals surface area contributed by atoms with Gasteiger partial charge in [0.25, 0.3) is 10.0 Å². The Labute approximate surface area is 187 Å². The van der Waals surface area contributed by atoms with E-state index in [9.17, 15) is 13.2 Å². The van der Waals surface area contributed by atoms with Gasteiger partial charge in [0.05, 0.1) is 4.90 Å². The number of aromatic carboxylic acids is 1. The maximum absolute atomic E-state index is 12.6. The lowest BCUT2D eigenvalue weighted by atomic mass is 10.1. The molecule has 8 heteroatoms. The molecule has 0 aliphatic rings. The number of hydrogen-bond acceptors (Lipinski definition) is 5. The number of ether oxygens (including phenoxy) is 2. The normalized spacial score (nSPS) is 11.0. The van der Waals surface area contributed by atoms with E-state index in [1.165, 1.54) is 6.07 Å². The van der Waals surface area contributed by atoms with E-state index in [-0.39, 0.29) is 29.4 Å². The van der Waals surface area contributed by atoms with Crippen LogP contribution in [0.25, 0.3) is 0 Å². The predicted octanol–water partition coefficient (Wildman–Crippen LogP) is 4.60. The first-order valence-corrected chi connectivity index (χ1v) is 11.7. The van der Waals surface area contributed by atoms with Crippen molar-refractivity contribution in [1.82, 2.24) is 0 Å². The molecule has 0 aliphatic heterocycles. The van der Waals surface area contributed by atoms with E-state index in [1.807, 2.05) is 12.1 Å². The van der Waals surface area contributed by atoms with Gasteiger partial charge in [-0.15, -0.1) is 0 Å². The molecule has 2 N–H and O–H groups in total. The van der Waals surface area contributed by atoms with Crippen LogP contribution in [0.15, 0.2) is 77.7 Å². The van der Waals surface area contributed by atoms with Crippen molar-refractivity contribution >= 4 is 21.7 Å². The molecule has 0 saturated heterocycles. The van der Waals surface area contributed by atoms with Crippen molar-refractivity contribution in [2.75, 3.05) is 17.9 Å². The summed E-state index contributed by atoms with van der Waals surface area (Å²) >= 11 is 0. The number of carbonyl (C=O) groups is 1. The van der Waals surface area contributed by atoms with Crippen LogP contribution in [0.3, 0.4) is 0 Å². The molecule has 0 heterocycles. The van der Waals surface area contributed by atoms with Gasteiger partial charge >= 0.3 is 5.97 Å². The van der Waals surface area contributed by atoms with Crippen LogP contribution in [0, 0.1) is 0 Å². The monoisotopic (exact) mass is 455 g/mol. The third-order valence-electron chi connectivity index (χ3n) is 4.61. The molecule has 0 unspecified atom stereocenters. The average Bonchev–Trinajstić information content (AvgIpc) is 2.78. The predicted molar refractivity (Wildman–Crippen MR) is 122 cm³/mol. The van der Waals surface area contributed by atoms with Crippen molar-refractivity contribution in [1.29, 1.82) is 0 Å². The fraction of sp³-hybridized carbons (Fsp3) is 0.208. The lowest BCUT2D eigenvalue weighted by Crippen LogP contribution is -2.13. The molecule has 0 radical (unpaired) electrons. The molecule has 0 amide bonds. The Morgan fingerprint density at radius 1 is 0.906 bits per heavy atom. The fourth-order valence-corrected chi connectivity index (χ4v) is 4.10. The van der Waals surface area contributed by atoms with Gasteiger partial charge in [0, 0.05) is 5.69 Å². The van der Waals surface area contributed by atoms with E-state index in [1.54, 1.807) is 54.6 Å². The Hall–Kier alpha value is -3.52. The molecular formula is C24H25NO6S. The number of sulfonamides is 1. The van der Waals surface area contributed by atoms with Gasteiger partial charge in [0.15, 0.2) is 0 Å². The maximum Gasteiger partial charge on any atom is 0.339 e. The molecule has 0 atom stereocenters. The van der Waals surface area contributed by atoms with Gasteiger partial charge in [0.1, 0.15) is 30.3 Å². The summed E-state index contributed by atoms with van der Waals surface area (Å²) in [5, 5.41) is 9.15. The zero-order valence-electron chi connectivity index (χ0n) is 17.7. The highest BCUT2D eigenvalue weighted by Crippen LogP contribution is 2.21. The van der Waals surface area contributed by atoms with Gasteiger partial charge in [-0.1, -0.05) is 37.6 Å². The van der Waals surface area contributed by atoms with E-state index in [4.69, 9.17) is 14.6 Å². The molecule has 0 saturated carbocycles. The molecule has 0 bridgehead atoms. The maximum atomic E-state index is 12.6. The van der Waals surface area contributed by atoms with Gasteiger partial charge in [0.2, 0.25) is 0 Å². The summed E-state index contributed by atoms with van der Waals surface area (Å²) in [5.41, 5.74) is 1.61. The minimum Gasteiger partial charge on any atom is -0.490 e. The first kappa shape index (κ1) is 23.1. The number of aryl methyl sites for hydroxylation is 1. The van der Waals surface area contributed by atoms with Crippen LogP contribution < -0.4 is 14.2 Å². The van der Waals surface area contributed by atoms with Crippen LogP contribution >= 0.6 is 0 Å². The van der Waals surface area contributed by atoms with Crippen molar-refractivity contribution in [3.63, 3.8) is 0 Å². The SMILES string of the molecule is CCCc1ccc(S(=O)(=O)Nc2ccc(OCCOc3ccccc3C(=O)O)cc2)cc1. The lowest BCUT2D eigenvalue weighted by molar-refractivity contribution is 0.0691. The van der Waals surface area contributed by atoms with Gasteiger partial charge < -0.3 is 14.6 Å². The Balaban J connectivity index is 1.52. The minimum absolute atomic E-state index is 0.0872. The highest BCUT2D eigenvalue weighted by Gasteiger charge is 2.14. The smallest absolute Gasteiger partial charge is 0.339 e. The van der Waals surface area contributed by atoms with Gasteiger partial charge in [-0.3, -0.25) is 4.72 Å². The molecule has 168 valence electrons. The highest BCUT2D eigenvalue weighted by molar-refractivity contribution is 7.92. The van der Waals surface area contributed by atoms with Crippen molar-refractivity contribution < 1.29 is 27.8 Å². The van der Waals surface area contributed by atoms with Crippen molar-refractivity contribution in [3.05, 3.63) is 83.9 Å². The number of anilines is 1. The average molecular weight is 456 g/mol. The van der Waals surface area contributed by atoms with Crippen molar-refractivity contribution in [2.24, 2.45) is 0 Å². The van der Waals surface area contributed by atoms with E-state index in [0.717, 1.165) is 18.4 Å². The van der Waals surface area contributed by atoms with E-state index >= 15 is 0 Å². The number of hydrogen-bond donors (Lipinski definition) is 2. The molecule has 3 aromatic rings. The van der Waals surface area contributed by atoms with Gasteiger partial charge in [-0.05, 0) is 60.5 Å². The molecule has 7 nitrogen and oxygen atoms in total. The Kier molecular flexibility index (Phi) is 7.72. The topological polar surface area (TPSA) is 102 Å². The van der Waals surface area contributed by atoms with E-state index < -0.39 is 16.0 Å². The van der Waals surface area contributed by atoms with Crippen LogP contribution in [0.4, 0.5) is 5.69 Å². The van der Waals surface area contributed by atoms with Crippen LogP contribution in [0.5, 0.6) is 11.5 Å². The van der Waals surface area contributed by atoms with Crippen molar-refractivity contribution in [2.45, 2.75) is 24.7 Å². The number of carboxylic acids is 1. The first-order chi connectivity index (χ1) is 15.4. The lowest BCUT2D eigenvalue weighted by Gasteiger charge is -2.11. The molecular weight excluding hydrogens is 430 g/mol. The number of benzene rings is 3. The summed E-state index contributed by atoms with van der Waals surface area (Å²) in [7, 11) is -3.68. The van der Waals surface area contributed by atoms with Crippen LogP contribution in [0.2, 0.25) is 0 Å². The van der Waals surface area contributed by atoms with Crippen LogP contribution in [-0.4, -0.2) is 32.7 Å². The first-order valence-electron chi connectivity index (χ1n) is 10.2. The summed E-state index contributed by atoms with van der Waals surface area (Å²) in [6, 6.07) is 19.8. The third kappa shape index (κ3) is 6.24. The summed E-state index contributed by atoms with van der Waals surface area (Å²) < 4.78 is 38.8. The number of nitrogens with one attached hydrogen (secondary N) is 1. The molecule has 3 rings (SSSR count). The Bertz CT molecular complexity index is 1140. The zero-order chi connectivity index (χ0) is 23.0. The van der Waals surface area contributed by atoms with Crippen LogP contribution in [0.1, 0.15) is 29.3 Å². The van der Waals surface area contributed by atoms with Gasteiger partial charge in [-0.2, -0.15) is 0 Å². The summed E-state index contributed by atoms with van der Waals surface area (Å²) in [5.74, 6) is -0.250. The van der Waals surface area contributed by atoms with Crippen LogP contribution in [-0.2, 0) is 16.4 Å². The Morgan fingerprint density at radius 3 is 2.22 bits per heavy atom. The highest BCUT2D eigenvalue weighted by atomic mass is 32.2. The van der Waals surface area contributed by atoms with Crippen molar-refractivity contribution in [3.8, 4) is 11.5 Å². The second kappa shape index (κ2) is 10.7. The molecule has 0 spiro atoms. The number of para-hydroxylation sites is 1. The minimum atomic E-state index is -3.68. The third-order valence-corrected chi connectivity index (χ3v) is 6.00. The quantitative estimate of drug-likeness (QED) is 0.410. The molecule has 3 aromatic carbocycles. The summed E-state index contributed by atoms with van der Waals surface area (Å²) in [6.45, 7) is 2.43. The standard InChI is InChI=1S/C24H25NO6S/c1-2-5-18-8-14-21(15-9-18)32(28,29)25-19-10-12-20(13-11-19)30-16-17-31-23-7-4-3-6-22(23)24(26)27/h3-4,6-15,25H,2,5,16-17H2,1H3,(H,26,27). The van der Waals surface area contributed by atoms with E-state index in [0.29, 0.717) is 11.4 Å². The molecule has 32 heavy (non-hydrogen) atoms. The van der Waals surface area contributed by atoms with E-state index in [2.05, 4.69) is 11.6 Å².